The normalized spacial score (nSPS) is 10.2. The van der Waals surface area contributed by atoms with Crippen LogP contribution in [0, 0.1) is 5.92 Å². The molecule has 0 amide bonds. The molecule has 0 aliphatic carbocycles. The number of hydrogen-bond donors (Lipinski definition) is 0. The fraction of sp³-hybridized carbons (Fsp3) is 0.455. The van der Waals surface area contributed by atoms with Crippen molar-refractivity contribution in [3.63, 3.8) is 0 Å². The van der Waals surface area contributed by atoms with Crippen LogP contribution in [0.4, 0.5) is 0 Å². The van der Waals surface area contributed by atoms with Gasteiger partial charge in [0.15, 0.2) is 0 Å². The fourth-order valence-corrected chi connectivity index (χ4v) is 2.37. The van der Waals surface area contributed by atoms with Crippen molar-refractivity contribution in [2.75, 3.05) is 0 Å². The van der Waals surface area contributed by atoms with Crippen LogP contribution in [0.1, 0.15) is 57.2 Å². The topological polar surface area (TPSA) is 0 Å². The molecule has 0 aromatic heterocycles. The third kappa shape index (κ3) is 8.02. The summed E-state index contributed by atoms with van der Waals surface area (Å²) in [6.45, 7) is 8.93. The van der Waals surface area contributed by atoms with Gasteiger partial charge in [0.2, 0.25) is 0 Å². The van der Waals surface area contributed by atoms with E-state index in [1.54, 1.807) is 0 Å². The molecule has 0 aliphatic heterocycles. The fourth-order valence-electron chi connectivity index (χ4n) is 2.37. The molecule has 0 bridgehead atoms. The Balaban J connectivity index is 0.000000224. The highest BCUT2D eigenvalue weighted by atomic mass is 14.0. The summed E-state index contributed by atoms with van der Waals surface area (Å²) in [4.78, 5) is 0. The largest absolute Gasteiger partial charge is 0.0628 e. The summed E-state index contributed by atoms with van der Waals surface area (Å²) < 4.78 is 0. The molecule has 2 rings (SSSR count). The predicted octanol–water partition coefficient (Wildman–Crippen LogP) is 6.48. The average molecular weight is 296 g/mol. The summed E-state index contributed by atoms with van der Waals surface area (Å²) in [7, 11) is 0. The molecule has 0 heteroatoms. The predicted molar refractivity (Wildman–Crippen MR) is 99.4 cm³/mol. The van der Waals surface area contributed by atoms with Crippen molar-refractivity contribution >= 4 is 0 Å². The van der Waals surface area contributed by atoms with Gasteiger partial charge in [0.1, 0.15) is 0 Å². The lowest BCUT2D eigenvalue weighted by Gasteiger charge is -2.03. The van der Waals surface area contributed by atoms with Gasteiger partial charge in [0, 0.05) is 0 Å². The zero-order chi connectivity index (χ0) is 16.2. The highest BCUT2D eigenvalue weighted by Crippen LogP contribution is 2.09. The van der Waals surface area contributed by atoms with Crippen molar-refractivity contribution in [3.05, 3.63) is 71.3 Å². The second-order valence-corrected chi connectivity index (χ2v) is 6.30. The lowest BCUT2D eigenvalue weighted by Crippen LogP contribution is -1.90. The first-order chi connectivity index (χ1) is 10.7. The van der Waals surface area contributed by atoms with Gasteiger partial charge in [0.05, 0.1) is 0 Å². The van der Waals surface area contributed by atoms with E-state index >= 15 is 0 Å². The van der Waals surface area contributed by atoms with Crippen LogP contribution in [0.2, 0.25) is 0 Å². The van der Waals surface area contributed by atoms with Gasteiger partial charge in [-0.05, 0) is 48.3 Å². The first-order valence-electron chi connectivity index (χ1n) is 8.77. The maximum absolute atomic E-state index is 2.28. The van der Waals surface area contributed by atoms with E-state index in [0.29, 0.717) is 0 Å². The van der Waals surface area contributed by atoms with Gasteiger partial charge in [-0.25, -0.2) is 0 Å². The van der Waals surface area contributed by atoms with Gasteiger partial charge in [-0.3, -0.25) is 0 Å². The van der Waals surface area contributed by atoms with Crippen LogP contribution in [0.15, 0.2) is 54.6 Å². The molecular weight excluding hydrogens is 264 g/mol. The molecule has 0 saturated heterocycles. The summed E-state index contributed by atoms with van der Waals surface area (Å²) in [5.74, 6) is 0.841. The van der Waals surface area contributed by atoms with Crippen LogP contribution in [0.3, 0.4) is 0 Å². The number of aryl methyl sites for hydroxylation is 3. The Kier molecular flexibility index (Phi) is 9.30. The lowest BCUT2D eigenvalue weighted by atomic mass is 10.0. The van der Waals surface area contributed by atoms with Crippen molar-refractivity contribution in [3.8, 4) is 0 Å². The van der Waals surface area contributed by atoms with Crippen molar-refractivity contribution < 1.29 is 0 Å². The molecule has 0 N–H and O–H groups in total. The van der Waals surface area contributed by atoms with Gasteiger partial charge in [-0.1, -0.05) is 88.7 Å². The van der Waals surface area contributed by atoms with Crippen LogP contribution >= 0.6 is 0 Å². The summed E-state index contributed by atoms with van der Waals surface area (Å²) in [5.41, 5.74) is 4.33. The van der Waals surface area contributed by atoms with E-state index in [1.165, 1.54) is 36.0 Å². The van der Waals surface area contributed by atoms with Gasteiger partial charge in [-0.15, -0.1) is 0 Å². The minimum absolute atomic E-state index is 0.841. The summed E-state index contributed by atoms with van der Waals surface area (Å²) >= 11 is 0. The summed E-state index contributed by atoms with van der Waals surface area (Å²) in [6, 6.07) is 19.6. The quantitative estimate of drug-likeness (QED) is 0.572. The molecule has 2 aromatic rings. The molecule has 0 spiro atoms. The number of rotatable bonds is 6. The van der Waals surface area contributed by atoms with Crippen molar-refractivity contribution in [1.29, 1.82) is 0 Å². The zero-order valence-corrected chi connectivity index (χ0v) is 14.8. The van der Waals surface area contributed by atoms with Crippen molar-refractivity contribution in [2.24, 2.45) is 5.92 Å². The highest BCUT2D eigenvalue weighted by Gasteiger charge is 1.94. The van der Waals surface area contributed by atoms with Crippen LogP contribution < -0.4 is 0 Å². The minimum atomic E-state index is 0.841. The second kappa shape index (κ2) is 11.1. The van der Waals surface area contributed by atoms with E-state index in [4.69, 9.17) is 0 Å². The van der Waals surface area contributed by atoms with Crippen molar-refractivity contribution in [2.45, 2.75) is 59.8 Å². The first-order valence-corrected chi connectivity index (χ1v) is 8.77. The average Bonchev–Trinajstić information content (AvgIpc) is 2.56. The Morgan fingerprint density at radius 3 is 1.59 bits per heavy atom. The van der Waals surface area contributed by atoms with Gasteiger partial charge < -0.3 is 0 Å². The monoisotopic (exact) mass is 296 g/mol. The Morgan fingerprint density at radius 1 is 0.682 bits per heavy atom. The summed E-state index contributed by atoms with van der Waals surface area (Å²) in [5, 5.41) is 0. The van der Waals surface area contributed by atoms with Crippen LogP contribution in [0.5, 0.6) is 0 Å². The second-order valence-electron chi connectivity index (χ2n) is 6.30. The Morgan fingerprint density at radius 2 is 1.18 bits per heavy atom. The standard InChI is InChI=1S/C12H18.C10H14/c1-11(2)7-6-10-12-8-4-3-5-9-12;1-3-9-5-7-10(4-2)8-6-9/h3-5,8-9,11H,6-7,10H2,1-2H3;5-8H,3-4H2,1-2H3. The third-order valence-corrected chi connectivity index (χ3v) is 3.93. The molecule has 0 saturated carbocycles. The van der Waals surface area contributed by atoms with E-state index in [9.17, 15) is 0 Å². The van der Waals surface area contributed by atoms with Gasteiger partial charge in [0.25, 0.3) is 0 Å². The number of hydrogen-bond acceptors (Lipinski definition) is 0. The Hall–Kier alpha value is -1.56. The van der Waals surface area contributed by atoms with E-state index in [1.807, 2.05) is 0 Å². The molecule has 22 heavy (non-hydrogen) atoms. The molecule has 120 valence electrons. The molecule has 0 atom stereocenters. The lowest BCUT2D eigenvalue weighted by molar-refractivity contribution is 0.556. The maximum atomic E-state index is 2.28. The molecule has 0 heterocycles. The zero-order valence-electron chi connectivity index (χ0n) is 14.8. The first kappa shape index (κ1) is 18.5. The van der Waals surface area contributed by atoms with E-state index < -0.39 is 0 Å². The minimum Gasteiger partial charge on any atom is -0.0628 e. The maximum Gasteiger partial charge on any atom is -0.0279 e. The molecule has 0 radical (unpaired) electrons. The molecule has 0 fully saturated rings. The Bertz CT molecular complexity index is 456. The van der Waals surface area contributed by atoms with Crippen LogP contribution in [-0.2, 0) is 19.3 Å². The molecule has 0 unspecified atom stereocenters. The SMILES string of the molecule is CC(C)CCCc1ccccc1.CCc1ccc(CC)cc1. The molecular formula is C22H32. The molecule has 0 aliphatic rings. The van der Waals surface area contributed by atoms with Gasteiger partial charge in [-0.2, -0.15) is 0 Å². The third-order valence-electron chi connectivity index (χ3n) is 3.93. The molecule has 0 nitrogen and oxygen atoms in total. The van der Waals surface area contributed by atoms with Gasteiger partial charge >= 0.3 is 0 Å². The van der Waals surface area contributed by atoms with E-state index in [2.05, 4.69) is 82.3 Å². The van der Waals surface area contributed by atoms with E-state index in [-0.39, 0.29) is 0 Å². The number of benzene rings is 2. The smallest absolute Gasteiger partial charge is 0.0279 e. The summed E-state index contributed by atoms with van der Waals surface area (Å²) in [6.07, 6.45) is 6.18. The highest BCUT2D eigenvalue weighted by molar-refractivity contribution is 5.22. The molecule has 2 aromatic carbocycles. The van der Waals surface area contributed by atoms with Crippen LogP contribution in [0.25, 0.3) is 0 Å². The van der Waals surface area contributed by atoms with Crippen LogP contribution in [-0.4, -0.2) is 0 Å². The van der Waals surface area contributed by atoms with Crippen molar-refractivity contribution in [1.82, 2.24) is 0 Å². The Labute approximate surface area is 137 Å². The van der Waals surface area contributed by atoms with E-state index in [0.717, 1.165) is 18.8 Å².